The third-order valence-electron chi connectivity index (χ3n) is 5.91. The fourth-order valence-corrected chi connectivity index (χ4v) is 4.55. The summed E-state index contributed by atoms with van der Waals surface area (Å²) in [6.45, 7) is 6.84. The van der Waals surface area contributed by atoms with Crippen LogP contribution in [0.4, 0.5) is 5.69 Å². The molecule has 0 amide bonds. The quantitative estimate of drug-likeness (QED) is 0.455. The highest BCUT2D eigenvalue weighted by Gasteiger charge is 2.23. The number of fused-ring (bicyclic) bond motifs is 2. The van der Waals surface area contributed by atoms with E-state index >= 15 is 0 Å². The van der Waals surface area contributed by atoms with Crippen molar-refractivity contribution in [2.45, 2.75) is 33.4 Å². The third kappa shape index (κ3) is 3.83. The highest BCUT2D eigenvalue weighted by atomic mass is 35.5. The molecular weight excluding hydrogens is 410 g/mol. The van der Waals surface area contributed by atoms with Crippen LogP contribution in [0.25, 0.3) is 10.8 Å². The van der Waals surface area contributed by atoms with Gasteiger partial charge in [-0.25, -0.2) is 9.97 Å². The SMILES string of the molecule is Cc1nc(OCCn2ccnc2C)nc2c1CCN(c1cccc3cccc(Cl)c13)C2. The molecule has 0 spiro atoms. The monoisotopic (exact) mass is 433 g/mol. The van der Waals surface area contributed by atoms with Crippen molar-refractivity contribution < 1.29 is 4.74 Å². The first-order chi connectivity index (χ1) is 15.1. The number of nitrogens with zero attached hydrogens (tertiary/aromatic N) is 5. The molecule has 5 rings (SSSR count). The molecule has 0 saturated heterocycles. The van der Waals surface area contributed by atoms with Crippen molar-refractivity contribution >= 4 is 28.1 Å². The Morgan fingerprint density at radius 3 is 2.74 bits per heavy atom. The minimum atomic E-state index is 0.437. The molecule has 1 aliphatic heterocycles. The van der Waals surface area contributed by atoms with Crippen molar-refractivity contribution in [2.24, 2.45) is 0 Å². The minimum Gasteiger partial charge on any atom is -0.462 e. The molecule has 3 heterocycles. The second-order valence-corrected chi connectivity index (χ2v) is 8.23. The Morgan fingerprint density at radius 2 is 1.94 bits per heavy atom. The number of ether oxygens (including phenoxy) is 1. The van der Waals surface area contributed by atoms with E-state index in [-0.39, 0.29) is 0 Å². The normalized spacial score (nSPS) is 13.5. The summed E-state index contributed by atoms with van der Waals surface area (Å²) in [7, 11) is 0. The summed E-state index contributed by atoms with van der Waals surface area (Å²) in [5, 5.41) is 3.01. The largest absolute Gasteiger partial charge is 0.462 e. The Labute approximate surface area is 186 Å². The summed E-state index contributed by atoms with van der Waals surface area (Å²) in [5.41, 5.74) is 4.38. The van der Waals surface area contributed by atoms with E-state index in [0.717, 1.165) is 51.7 Å². The van der Waals surface area contributed by atoms with Gasteiger partial charge in [-0.3, -0.25) is 0 Å². The smallest absolute Gasteiger partial charge is 0.316 e. The molecule has 0 saturated carbocycles. The molecule has 1 aliphatic rings. The van der Waals surface area contributed by atoms with Gasteiger partial charge in [0, 0.05) is 35.7 Å². The number of aromatic nitrogens is 4. The van der Waals surface area contributed by atoms with Gasteiger partial charge in [-0.05, 0) is 43.4 Å². The molecule has 0 unspecified atom stereocenters. The molecule has 158 valence electrons. The molecule has 2 aromatic carbocycles. The van der Waals surface area contributed by atoms with E-state index < -0.39 is 0 Å². The summed E-state index contributed by atoms with van der Waals surface area (Å²) in [4.78, 5) is 15.9. The Hall–Kier alpha value is -3.12. The molecule has 4 aromatic rings. The van der Waals surface area contributed by atoms with Gasteiger partial charge in [0.25, 0.3) is 0 Å². The minimum absolute atomic E-state index is 0.437. The van der Waals surface area contributed by atoms with Crippen molar-refractivity contribution in [1.29, 1.82) is 0 Å². The highest BCUT2D eigenvalue weighted by molar-refractivity contribution is 6.36. The number of halogens is 1. The van der Waals surface area contributed by atoms with Crippen molar-refractivity contribution in [3.63, 3.8) is 0 Å². The Morgan fingerprint density at radius 1 is 1.10 bits per heavy atom. The van der Waals surface area contributed by atoms with E-state index in [1.807, 2.05) is 32.2 Å². The predicted octanol–water partition coefficient (Wildman–Crippen LogP) is 4.74. The maximum absolute atomic E-state index is 6.56. The fraction of sp³-hybridized carbons (Fsp3) is 0.292. The molecule has 0 atom stereocenters. The number of anilines is 1. The molecule has 7 heteroatoms. The average molecular weight is 434 g/mol. The van der Waals surface area contributed by atoms with Gasteiger partial charge in [0.1, 0.15) is 12.4 Å². The van der Waals surface area contributed by atoms with E-state index in [4.69, 9.17) is 21.3 Å². The fourth-order valence-electron chi connectivity index (χ4n) is 4.28. The lowest BCUT2D eigenvalue weighted by molar-refractivity contribution is 0.272. The van der Waals surface area contributed by atoms with Gasteiger partial charge in [-0.15, -0.1) is 0 Å². The average Bonchev–Trinajstić information content (AvgIpc) is 3.18. The van der Waals surface area contributed by atoms with Gasteiger partial charge in [-0.1, -0.05) is 35.9 Å². The van der Waals surface area contributed by atoms with Crippen LogP contribution >= 0.6 is 11.6 Å². The third-order valence-corrected chi connectivity index (χ3v) is 6.23. The second-order valence-electron chi connectivity index (χ2n) is 7.82. The Bertz CT molecular complexity index is 1250. The van der Waals surface area contributed by atoms with Crippen LogP contribution in [0.15, 0.2) is 48.8 Å². The molecule has 2 aromatic heterocycles. The molecular formula is C24H24ClN5O. The van der Waals surface area contributed by atoms with Gasteiger partial charge < -0.3 is 14.2 Å². The molecule has 0 fully saturated rings. The molecule has 0 aliphatic carbocycles. The van der Waals surface area contributed by atoms with Gasteiger partial charge in [-0.2, -0.15) is 4.98 Å². The number of imidazole rings is 1. The maximum atomic E-state index is 6.56. The summed E-state index contributed by atoms with van der Waals surface area (Å²) >= 11 is 6.56. The molecule has 31 heavy (non-hydrogen) atoms. The Kier molecular flexibility index (Phi) is 5.24. The maximum Gasteiger partial charge on any atom is 0.316 e. The van der Waals surface area contributed by atoms with Crippen LogP contribution in [0.1, 0.15) is 22.8 Å². The number of hydrogen-bond donors (Lipinski definition) is 0. The van der Waals surface area contributed by atoms with E-state index in [0.29, 0.717) is 25.7 Å². The lowest BCUT2D eigenvalue weighted by atomic mass is 10.0. The zero-order chi connectivity index (χ0) is 21.4. The first-order valence-electron chi connectivity index (χ1n) is 10.5. The van der Waals surface area contributed by atoms with Gasteiger partial charge in [0.05, 0.1) is 23.8 Å². The topological polar surface area (TPSA) is 56.1 Å². The second kappa shape index (κ2) is 8.19. The first-order valence-corrected chi connectivity index (χ1v) is 10.9. The molecule has 6 nitrogen and oxygen atoms in total. The number of aryl methyl sites for hydroxylation is 2. The Balaban J connectivity index is 1.39. The lowest BCUT2D eigenvalue weighted by Crippen LogP contribution is -2.32. The van der Waals surface area contributed by atoms with Crippen LogP contribution in [0, 0.1) is 13.8 Å². The zero-order valence-electron chi connectivity index (χ0n) is 17.7. The van der Waals surface area contributed by atoms with Crippen LogP contribution in [0.2, 0.25) is 5.02 Å². The van der Waals surface area contributed by atoms with Crippen molar-refractivity contribution in [3.8, 4) is 6.01 Å². The zero-order valence-corrected chi connectivity index (χ0v) is 18.4. The van der Waals surface area contributed by atoms with Crippen molar-refractivity contribution in [1.82, 2.24) is 19.5 Å². The van der Waals surface area contributed by atoms with Crippen LogP contribution in [0.5, 0.6) is 6.01 Å². The summed E-state index contributed by atoms with van der Waals surface area (Å²) < 4.78 is 7.95. The van der Waals surface area contributed by atoms with Gasteiger partial charge >= 0.3 is 6.01 Å². The van der Waals surface area contributed by atoms with E-state index in [1.165, 1.54) is 5.56 Å². The van der Waals surface area contributed by atoms with Crippen molar-refractivity contribution in [3.05, 3.63) is 76.6 Å². The summed E-state index contributed by atoms with van der Waals surface area (Å²) in [5.74, 6) is 0.968. The van der Waals surface area contributed by atoms with Crippen LogP contribution in [-0.2, 0) is 19.5 Å². The molecule has 0 N–H and O–H groups in total. The predicted molar refractivity (Wildman–Crippen MR) is 123 cm³/mol. The standard InChI is InChI=1S/C24H24ClN5O/c1-16-19-9-11-30(22-8-4-6-18-5-3-7-20(25)23(18)22)15-21(19)28-24(27-16)31-14-13-29-12-10-26-17(29)2/h3-8,10,12H,9,11,13-15H2,1-2H3. The highest BCUT2D eigenvalue weighted by Crippen LogP contribution is 2.35. The van der Waals surface area contributed by atoms with Gasteiger partial charge in [0.2, 0.25) is 0 Å². The number of benzene rings is 2. The first kappa shape index (κ1) is 19.8. The van der Waals surface area contributed by atoms with Crippen LogP contribution in [0.3, 0.4) is 0 Å². The molecule has 0 radical (unpaired) electrons. The summed E-state index contributed by atoms with van der Waals surface area (Å²) in [6, 6.07) is 12.8. The summed E-state index contributed by atoms with van der Waals surface area (Å²) in [6.07, 6.45) is 4.64. The van der Waals surface area contributed by atoms with Crippen molar-refractivity contribution in [2.75, 3.05) is 18.1 Å². The lowest BCUT2D eigenvalue weighted by Gasteiger charge is -2.31. The number of hydrogen-bond acceptors (Lipinski definition) is 5. The van der Waals surface area contributed by atoms with Gasteiger partial charge in [0.15, 0.2) is 0 Å². The molecule has 0 bridgehead atoms. The van der Waals surface area contributed by atoms with E-state index in [1.54, 1.807) is 6.20 Å². The van der Waals surface area contributed by atoms with Crippen LogP contribution in [-0.4, -0.2) is 32.7 Å². The van der Waals surface area contributed by atoms with Crippen LogP contribution < -0.4 is 9.64 Å². The van der Waals surface area contributed by atoms with E-state index in [2.05, 4.69) is 43.7 Å². The van der Waals surface area contributed by atoms with E-state index in [9.17, 15) is 0 Å². The number of rotatable bonds is 5.